The highest BCUT2D eigenvalue weighted by molar-refractivity contribution is 5.76. The molecule has 2 saturated heterocycles. The summed E-state index contributed by atoms with van der Waals surface area (Å²) in [5.74, 6) is 0.574. The van der Waals surface area contributed by atoms with Crippen molar-refractivity contribution < 1.29 is 19.0 Å². The molecule has 1 spiro atoms. The van der Waals surface area contributed by atoms with E-state index in [2.05, 4.69) is 4.98 Å². The molecule has 2 aliphatic rings. The lowest BCUT2D eigenvalue weighted by Gasteiger charge is -2.43. The second-order valence-corrected chi connectivity index (χ2v) is 5.83. The summed E-state index contributed by atoms with van der Waals surface area (Å²) in [6.07, 6.45) is 4.35. The lowest BCUT2D eigenvalue weighted by atomic mass is 9.85. The van der Waals surface area contributed by atoms with E-state index in [9.17, 15) is 4.79 Å². The minimum atomic E-state index is -0.110. The molecule has 5 heteroatoms. The molecule has 1 aromatic rings. The lowest BCUT2D eigenvalue weighted by Crippen LogP contribution is -2.47. The Bertz CT molecular complexity index is 505. The summed E-state index contributed by atoms with van der Waals surface area (Å²) in [5, 5.41) is 0. The number of hydrogen-bond acceptors (Lipinski definition) is 5. The molecule has 0 aromatic carbocycles. The maximum absolute atomic E-state index is 11.1. The molecule has 3 heterocycles. The molecule has 1 aromatic heterocycles. The van der Waals surface area contributed by atoms with Crippen LogP contribution in [0.15, 0.2) is 12.1 Å². The van der Waals surface area contributed by atoms with Crippen molar-refractivity contribution in [3.63, 3.8) is 0 Å². The molecule has 0 aliphatic carbocycles. The third kappa shape index (κ3) is 3.24. The second-order valence-electron chi connectivity index (χ2n) is 5.83. The number of carbonyl (C=O) groups is 1. The van der Waals surface area contributed by atoms with Crippen LogP contribution in [-0.2, 0) is 9.47 Å². The van der Waals surface area contributed by atoms with E-state index in [1.54, 1.807) is 0 Å². The Labute approximate surface area is 124 Å². The number of aryl methyl sites for hydroxylation is 1. The van der Waals surface area contributed by atoms with Gasteiger partial charge in [0.2, 0.25) is 0 Å². The van der Waals surface area contributed by atoms with Gasteiger partial charge < -0.3 is 14.2 Å². The zero-order chi connectivity index (χ0) is 14.7. The van der Waals surface area contributed by atoms with Gasteiger partial charge in [-0.2, -0.15) is 0 Å². The fourth-order valence-corrected chi connectivity index (χ4v) is 3.10. The number of nitrogens with zero attached hydrogens (tertiary/aromatic N) is 1. The van der Waals surface area contributed by atoms with Crippen molar-refractivity contribution in [1.29, 1.82) is 0 Å². The Balaban J connectivity index is 1.71. The molecule has 0 bridgehead atoms. The predicted molar refractivity (Wildman–Crippen MR) is 76.7 cm³/mol. The molecule has 5 nitrogen and oxygen atoms in total. The average Bonchev–Trinajstić information content (AvgIpc) is 2.50. The molecular formula is C16H21NO4. The highest BCUT2D eigenvalue weighted by atomic mass is 16.5. The van der Waals surface area contributed by atoms with Crippen molar-refractivity contribution in [2.24, 2.45) is 0 Å². The number of aromatic nitrogens is 1. The minimum absolute atomic E-state index is 0.0695. The predicted octanol–water partition coefficient (Wildman–Crippen LogP) is 2.31. The van der Waals surface area contributed by atoms with E-state index in [4.69, 9.17) is 14.2 Å². The molecule has 0 saturated carbocycles. The molecule has 21 heavy (non-hydrogen) atoms. The number of rotatable bonds is 3. The Morgan fingerprint density at radius 1 is 1.33 bits per heavy atom. The van der Waals surface area contributed by atoms with Gasteiger partial charge in [-0.05, 0) is 31.9 Å². The summed E-state index contributed by atoms with van der Waals surface area (Å²) in [6, 6.07) is 3.70. The molecule has 2 fully saturated rings. The zero-order valence-corrected chi connectivity index (χ0v) is 12.3. The lowest BCUT2D eigenvalue weighted by molar-refractivity contribution is -0.155. The molecule has 0 N–H and O–H groups in total. The molecular weight excluding hydrogens is 270 g/mol. The van der Waals surface area contributed by atoms with Gasteiger partial charge in [0.15, 0.2) is 6.29 Å². The van der Waals surface area contributed by atoms with E-state index in [1.165, 1.54) is 0 Å². The van der Waals surface area contributed by atoms with Crippen LogP contribution in [0.25, 0.3) is 0 Å². The first-order valence-electron chi connectivity index (χ1n) is 7.52. The maximum Gasteiger partial charge on any atom is 0.172 e. The van der Waals surface area contributed by atoms with Crippen molar-refractivity contribution in [1.82, 2.24) is 4.98 Å². The largest absolute Gasteiger partial charge is 0.488 e. The van der Waals surface area contributed by atoms with Crippen molar-refractivity contribution in [3.8, 4) is 5.75 Å². The number of hydrogen-bond donors (Lipinski definition) is 0. The molecule has 3 rings (SSSR count). The van der Waals surface area contributed by atoms with Gasteiger partial charge in [0.25, 0.3) is 0 Å². The normalized spacial score (nSPS) is 24.7. The summed E-state index contributed by atoms with van der Waals surface area (Å²) in [7, 11) is 0. The quantitative estimate of drug-likeness (QED) is 0.800. The van der Waals surface area contributed by atoms with Crippen LogP contribution in [-0.4, -0.2) is 42.8 Å². The van der Waals surface area contributed by atoms with Crippen LogP contribution in [0.4, 0.5) is 0 Å². The van der Waals surface area contributed by atoms with E-state index in [-0.39, 0.29) is 11.7 Å². The Hall–Kier alpha value is -1.46. The second kappa shape index (κ2) is 6.12. The van der Waals surface area contributed by atoms with Gasteiger partial charge in [0.1, 0.15) is 17.5 Å². The van der Waals surface area contributed by atoms with Crippen LogP contribution in [0.1, 0.15) is 41.9 Å². The van der Waals surface area contributed by atoms with Crippen molar-refractivity contribution in [2.75, 3.05) is 19.8 Å². The molecule has 114 valence electrons. The third-order valence-electron chi connectivity index (χ3n) is 4.28. The van der Waals surface area contributed by atoms with Crippen LogP contribution < -0.4 is 4.74 Å². The summed E-state index contributed by atoms with van der Waals surface area (Å²) in [6.45, 7) is 4.05. The van der Waals surface area contributed by atoms with E-state index < -0.39 is 0 Å². The van der Waals surface area contributed by atoms with Crippen molar-refractivity contribution in [2.45, 2.75) is 44.3 Å². The average molecular weight is 291 g/mol. The van der Waals surface area contributed by atoms with Gasteiger partial charge in [0.05, 0.1) is 12.2 Å². The van der Waals surface area contributed by atoms with Gasteiger partial charge in [-0.3, -0.25) is 4.79 Å². The Morgan fingerprint density at radius 2 is 2.14 bits per heavy atom. The standard InChI is InChI=1S/C16H21NO4/c1-12-2-3-15(14(11-18)17-12)21-13-4-7-20-16(10-13)5-8-19-9-6-16/h2-3,11,13H,4-10H2,1H3. The smallest absolute Gasteiger partial charge is 0.172 e. The van der Waals surface area contributed by atoms with Crippen LogP contribution >= 0.6 is 0 Å². The SMILES string of the molecule is Cc1ccc(OC2CCOC3(CCOCC3)C2)c(C=O)n1. The molecule has 1 unspecified atom stereocenters. The summed E-state index contributed by atoms with van der Waals surface area (Å²) < 4.78 is 17.5. The van der Waals surface area contributed by atoms with Crippen molar-refractivity contribution in [3.05, 3.63) is 23.5 Å². The third-order valence-corrected chi connectivity index (χ3v) is 4.28. The highest BCUT2D eigenvalue weighted by Gasteiger charge is 2.40. The van der Waals surface area contributed by atoms with Gasteiger partial charge in [-0.15, -0.1) is 0 Å². The van der Waals surface area contributed by atoms with E-state index >= 15 is 0 Å². The Morgan fingerprint density at radius 3 is 2.90 bits per heavy atom. The van der Waals surface area contributed by atoms with Crippen molar-refractivity contribution >= 4 is 6.29 Å². The van der Waals surface area contributed by atoms with Gasteiger partial charge in [-0.1, -0.05) is 0 Å². The summed E-state index contributed by atoms with van der Waals surface area (Å²) in [5.41, 5.74) is 1.08. The number of pyridine rings is 1. The van der Waals surface area contributed by atoms with Crippen LogP contribution in [0.5, 0.6) is 5.75 Å². The Kier molecular flexibility index (Phi) is 4.22. The first-order chi connectivity index (χ1) is 10.2. The number of carbonyl (C=O) groups excluding carboxylic acids is 1. The van der Waals surface area contributed by atoms with Gasteiger partial charge in [-0.25, -0.2) is 4.98 Å². The molecule has 2 aliphatic heterocycles. The van der Waals surface area contributed by atoms with Gasteiger partial charge >= 0.3 is 0 Å². The van der Waals surface area contributed by atoms with E-state index in [0.717, 1.165) is 50.9 Å². The van der Waals surface area contributed by atoms with Crippen LogP contribution in [0, 0.1) is 6.92 Å². The fourth-order valence-electron chi connectivity index (χ4n) is 3.10. The zero-order valence-electron chi connectivity index (χ0n) is 12.3. The number of aldehydes is 1. The van der Waals surface area contributed by atoms with Crippen LogP contribution in [0.2, 0.25) is 0 Å². The minimum Gasteiger partial charge on any atom is -0.488 e. The first kappa shape index (κ1) is 14.5. The topological polar surface area (TPSA) is 57.7 Å². The maximum atomic E-state index is 11.1. The van der Waals surface area contributed by atoms with Crippen LogP contribution in [0.3, 0.4) is 0 Å². The summed E-state index contributed by atoms with van der Waals surface area (Å²) >= 11 is 0. The molecule has 0 amide bonds. The fraction of sp³-hybridized carbons (Fsp3) is 0.625. The highest BCUT2D eigenvalue weighted by Crippen LogP contribution is 2.36. The van der Waals surface area contributed by atoms with Gasteiger partial charge in [0, 0.05) is 31.7 Å². The monoisotopic (exact) mass is 291 g/mol. The summed E-state index contributed by atoms with van der Waals surface area (Å²) in [4.78, 5) is 15.3. The molecule has 0 radical (unpaired) electrons. The van der Waals surface area contributed by atoms with E-state index in [0.29, 0.717) is 18.1 Å². The number of ether oxygens (including phenoxy) is 3. The first-order valence-corrected chi connectivity index (χ1v) is 7.52. The molecule has 1 atom stereocenters. The van der Waals surface area contributed by atoms with E-state index in [1.807, 2.05) is 19.1 Å².